The van der Waals surface area contributed by atoms with E-state index in [0.29, 0.717) is 5.95 Å². The highest BCUT2D eigenvalue weighted by Crippen LogP contribution is 2.29. The third-order valence-electron chi connectivity index (χ3n) is 2.22. The average molecular weight is 237 g/mol. The van der Waals surface area contributed by atoms with Crippen LogP contribution in [-0.4, -0.2) is 15.5 Å². The van der Waals surface area contributed by atoms with Crippen LogP contribution >= 0.6 is 0 Å². The zero-order chi connectivity index (χ0) is 13.1. The lowest BCUT2D eigenvalue weighted by Gasteiger charge is -2.33. The van der Waals surface area contributed by atoms with Crippen molar-refractivity contribution in [1.29, 1.82) is 0 Å². The second-order valence-corrected chi connectivity index (χ2v) is 6.16. The molecule has 1 heterocycles. The number of hydrazine groups is 1. The Hall–Kier alpha value is -1.36. The molecule has 17 heavy (non-hydrogen) atoms. The van der Waals surface area contributed by atoms with Crippen molar-refractivity contribution in [3.8, 4) is 0 Å². The fourth-order valence-corrected chi connectivity index (χ4v) is 2.21. The van der Waals surface area contributed by atoms with Crippen molar-refractivity contribution < 1.29 is 0 Å². The van der Waals surface area contributed by atoms with Gasteiger partial charge in [-0.3, -0.25) is 5.43 Å². The van der Waals surface area contributed by atoms with E-state index in [2.05, 4.69) is 55.3 Å². The second-order valence-electron chi connectivity index (χ2n) is 6.16. The molecule has 0 saturated carbocycles. The smallest absolute Gasteiger partial charge is 0.239 e. The number of anilines is 2. The minimum Gasteiger partial charge on any atom is -0.365 e. The maximum atomic E-state index is 5.28. The highest BCUT2D eigenvalue weighted by atomic mass is 15.3. The first-order chi connectivity index (χ1) is 7.72. The maximum absolute atomic E-state index is 5.28. The molecule has 5 heteroatoms. The minimum absolute atomic E-state index is 0.0293. The first kappa shape index (κ1) is 13.7. The lowest BCUT2D eigenvalue weighted by molar-refractivity contribution is 0.302. The van der Waals surface area contributed by atoms with E-state index in [0.717, 1.165) is 12.2 Å². The Morgan fingerprint density at radius 3 is 2.41 bits per heavy atom. The normalized spacial score (nSPS) is 12.4. The number of rotatable bonds is 4. The van der Waals surface area contributed by atoms with Gasteiger partial charge in [0.25, 0.3) is 0 Å². The topological polar surface area (TPSA) is 75.9 Å². The van der Waals surface area contributed by atoms with Crippen molar-refractivity contribution in [3.63, 3.8) is 0 Å². The molecule has 1 rings (SSSR count). The molecule has 96 valence electrons. The van der Waals surface area contributed by atoms with Crippen molar-refractivity contribution in [2.45, 2.75) is 46.6 Å². The van der Waals surface area contributed by atoms with Gasteiger partial charge in [-0.15, -0.1) is 0 Å². The van der Waals surface area contributed by atoms with Gasteiger partial charge in [-0.1, -0.05) is 20.8 Å². The Morgan fingerprint density at radius 1 is 1.24 bits per heavy atom. The van der Waals surface area contributed by atoms with Crippen LogP contribution in [0.1, 0.15) is 41.0 Å². The number of nitrogens with two attached hydrogens (primary N) is 1. The molecule has 0 bridgehead atoms. The molecule has 0 aliphatic heterocycles. The highest BCUT2D eigenvalue weighted by Gasteiger charge is 2.25. The molecule has 5 nitrogen and oxygen atoms in total. The third-order valence-corrected chi connectivity index (χ3v) is 2.22. The van der Waals surface area contributed by atoms with Gasteiger partial charge in [0.15, 0.2) is 0 Å². The van der Waals surface area contributed by atoms with Gasteiger partial charge in [-0.25, -0.2) is 10.8 Å². The molecule has 0 radical (unpaired) electrons. The molecule has 0 spiro atoms. The van der Waals surface area contributed by atoms with E-state index in [1.807, 2.05) is 6.07 Å². The molecule has 0 amide bonds. The van der Waals surface area contributed by atoms with Gasteiger partial charge in [-0.2, -0.15) is 4.98 Å². The van der Waals surface area contributed by atoms with Gasteiger partial charge in [0.05, 0.1) is 0 Å². The Labute approximate surface area is 103 Å². The monoisotopic (exact) mass is 237 g/mol. The third kappa shape index (κ3) is 4.99. The molecule has 4 N–H and O–H groups in total. The average Bonchev–Trinajstić information content (AvgIpc) is 2.13. The summed E-state index contributed by atoms with van der Waals surface area (Å²) in [6, 6.07) is 1.84. The maximum Gasteiger partial charge on any atom is 0.239 e. The summed E-state index contributed by atoms with van der Waals surface area (Å²) >= 11 is 0. The van der Waals surface area contributed by atoms with E-state index in [4.69, 9.17) is 5.84 Å². The predicted octanol–water partition coefficient (Wildman–Crippen LogP) is 2.39. The highest BCUT2D eigenvalue weighted by molar-refractivity contribution is 5.41. The van der Waals surface area contributed by atoms with Crippen LogP contribution in [-0.2, 0) is 0 Å². The van der Waals surface area contributed by atoms with Crippen LogP contribution in [0, 0.1) is 5.41 Å². The number of hydrogen-bond acceptors (Lipinski definition) is 5. The van der Waals surface area contributed by atoms with E-state index in [1.165, 1.54) is 0 Å². The number of nitrogen functional groups attached to an aromatic ring is 1. The molecular formula is C12H23N5. The van der Waals surface area contributed by atoms with E-state index < -0.39 is 0 Å². The van der Waals surface area contributed by atoms with Crippen LogP contribution in [0.5, 0.6) is 0 Å². The number of nitrogens with one attached hydrogen (secondary N) is 2. The second kappa shape index (κ2) is 4.87. The van der Waals surface area contributed by atoms with Crippen LogP contribution in [0.2, 0.25) is 0 Å². The summed E-state index contributed by atoms with van der Waals surface area (Å²) in [5.74, 6) is 6.48. The van der Waals surface area contributed by atoms with Crippen LogP contribution in [0.15, 0.2) is 12.3 Å². The molecule has 0 fully saturated rings. The fourth-order valence-electron chi connectivity index (χ4n) is 2.21. The van der Waals surface area contributed by atoms with Crippen LogP contribution < -0.4 is 16.6 Å². The summed E-state index contributed by atoms with van der Waals surface area (Å²) in [4.78, 5) is 8.22. The number of nitrogens with zero attached hydrogens (tertiary/aromatic N) is 2. The predicted molar refractivity (Wildman–Crippen MR) is 71.6 cm³/mol. The largest absolute Gasteiger partial charge is 0.365 e. The van der Waals surface area contributed by atoms with Gasteiger partial charge < -0.3 is 5.32 Å². The van der Waals surface area contributed by atoms with Crippen molar-refractivity contribution in [2.75, 3.05) is 10.7 Å². The zero-order valence-corrected chi connectivity index (χ0v) is 11.3. The lowest BCUT2D eigenvalue weighted by atomic mass is 9.82. The Balaban J connectivity index is 2.75. The Morgan fingerprint density at radius 2 is 1.88 bits per heavy atom. The van der Waals surface area contributed by atoms with Crippen molar-refractivity contribution in [1.82, 2.24) is 9.97 Å². The molecular weight excluding hydrogens is 214 g/mol. The molecule has 1 aromatic heterocycles. The van der Waals surface area contributed by atoms with Crippen molar-refractivity contribution in [2.24, 2.45) is 11.3 Å². The number of hydrogen-bond donors (Lipinski definition) is 3. The first-order valence-corrected chi connectivity index (χ1v) is 5.80. The van der Waals surface area contributed by atoms with E-state index in [9.17, 15) is 0 Å². The van der Waals surface area contributed by atoms with Crippen LogP contribution in [0.4, 0.5) is 11.8 Å². The summed E-state index contributed by atoms with van der Waals surface area (Å²) in [6.45, 7) is 11.0. The summed E-state index contributed by atoms with van der Waals surface area (Å²) in [5, 5.41) is 3.40. The van der Waals surface area contributed by atoms with E-state index in [1.54, 1.807) is 6.20 Å². The van der Waals surface area contributed by atoms with Gasteiger partial charge in [0.2, 0.25) is 5.95 Å². The van der Waals surface area contributed by atoms with Crippen molar-refractivity contribution >= 4 is 11.8 Å². The molecule has 1 aromatic rings. The van der Waals surface area contributed by atoms with Gasteiger partial charge in [0, 0.05) is 11.7 Å². The standard InChI is InChI=1S/C12H23N5/c1-11(2,3)8-12(4,5)16-9-6-7-14-10(15-9)17-13/h6-7H,8,13H2,1-5H3,(H2,14,15,16,17). The molecule has 0 atom stereocenters. The summed E-state index contributed by atoms with van der Waals surface area (Å²) < 4.78 is 0. The van der Waals surface area contributed by atoms with Crippen LogP contribution in [0.3, 0.4) is 0 Å². The van der Waals surface area contributed by atoms with Gasteiger partial charge in [0.1, 0.15) is 5.82 Å². The first-order valence-electron chi connectivity index (χ1n) is 5.80. The van der Waals surface area contributed by atoms with E-state index >= 15 is 0 Å². The van der Waals surface area contributed by atoms with E-state index in [-0.39, 0.29) is 11.0 Å². The van der Waals surface area contributed by atoms with Crippen LogP contribution in [0.25, 0.3) is 0 Å². The molecule has 0 aliphatic carbocycles. The zero-order valence-electron chi connectivity index (χ0n) is 11.3. The van der Waals surface area contributed by atoms with Gasteiger partial charge in [-0.05, 0) is 31.7 Å². The lowest BCUT2D eigenvalue weighted by Crippen LogP contribution is -2.35. The minimum atomic E-state index is -0.0293. The van der Waals surface area contributed by atoms with Crippen molar-refractivity contribution in [3.05, 3.63) is 12.3 Å². The SMILES string of the molecule is CC(C)(C)CC(C)(C)Nc1ccnc(NN)n1. The number of aromatic nitrogens is 2. The molecule has 0 aliphatic rings. The summed E-state index contributed by atoms with van der Waals surface area (Å²) in [5.41, 5.74) is 2.67. The Bertz CT molecular complexity index is 367. The molecule has 0 aromatic carbocycles. The summed E-state index contributed by atoms with van der Waals surface area (Å²) in [7, 11) is 0. The Kier molecular flexibility index (Phi) is 3.93. The molecule has 0 unspecified atom stereocenters. The summed E-state index contributed by atoms with van der Waals surface area (Å²) in [6.07, 6.45) is 2.72. The molecule has 0 saturated heterocycles. The van der Waals surface area contributed by atoms with Gasteiger partial charge >= 0.3 is 0 Å². The fraction of sp³-hybridized carbons (Fsp3) is 0.667. The quantitative estimate of drug-likeness (QED) is 0.554.